The number of aliphatic hydroxyl groups excluding tert-OH is 1. The quantitative estimate of drug-likeness (QED) is 0.338. The molecule has 2 aromatic carbocycles. The summed E-state index contributed by atoms with van der Waals surface area (Å²) in [7, 11) is 0. The Morgan fingerprint density at radius 2 is 1.78 bits per heavy atom. The summed E-state index contributed by atoms with van der Waals surface area (Å²) in [6.45, 7) is 0.360. The van der Waals surface area contributed by atoms with Gasteiger partial charge in [0.1, 0.15) is 24.2 Å². The van der Waals surface area contributed by atoms with Gasteiger partial charge in [-0.15, -0.1) is 10.2 Å². The maximum atomic E-state index is 14.5. The van der Waals surface area contributed by atoms with Gasteiger partial charge in [0, 0.05) is 17.1 Å². The lowest BCUT2D eigenvalue weighted by Gasteiger charge is -2.10. The molecule has 0 aliphatic carbocycles. The number of aliphatic hydroxyl groups is 1. The summed E-state index contributed by atoms with van der Waals surface area (Å²) in [5.41, 5.74) is -0.611. The van der Waals surface area contributed by atoms with Crippen LogP contribution in [0, 0.1) is 5.82 Å². The molecule has 0 fully saturated rings. The number of alkyl halides is 3. The van der Waals surface area contributed by atoms with E-state index in [0.717, 1.165) is 20.0 Å². The fraction of sp³-hybridized carbons (Fsp3) is 0.273. The van der Waals surface area contributed by atoms with Crippen molar-refractivity contribution < 1.29 is 22.7 Å². The summed E-state index contributed by atoms with van der Waals surface area (Å²) in [5, 5.41) is 18.9. The van der Waals surface area contributed by atoms with Gasteiger partial charge in [0.15, 0.2) is 17.5 Å². The predicted octanol–water partition coefficient (Wildman–Crippen LogP) is 4.79. The van der Waals surface area contributed by atoms with Crippen LogP contribution in [0.4, 0.5) is 17.6 Å². The van der Waals surface area contributed by atoms with Crippen molar-refractivity contribution in [3.63, 3.8) is 0 Å². The van der Waals surface area contributed by atoms with Gasteiger partial charge >= 0.3 is 11.9 Å². The second kappa shape index (κ2) is 10.0. The van der Waals surface area contributed by atoms with Crippen molar-refractivity contribution in [2.75, 3.05) is 0 Å². The number of rotatable bonds is 7. The van der Waals surface area contributed by atoms with Crippen molar-refractivity contribution in [3.05, 3.63) is 80.5 Å². The Morgan fingerprint density at radius 3 is 2.39 bits per heavy atom. The van der Waals surface area contributed by atoms with E-state index < -0.39 is 36.8 Å². The fourth-order valence-electron chi connectivity index (χ4n) is 3.49. The van der Waals surface area contributed by atoms with Gasteiger partial charge in [-0.25, -0.2) is 23.5 Å². The number of aromatic nitrogens is 6. The SMILES string of the molecule is CC(O)c1nc(Cn2nc(-c3ccc(Cl)cc3)n(CCC(F)(F)F)c2=O)nn1-c1c(F)cccc1Cl. The summed E-state index contributed by atoms with van der Waals surface area (Å²) in [4.78, 5) is 17.2. The van der Waals surface area contributed by atoms with E-state index in [1.54, 1.807) is 0 Å². The first kappa shape index (κ1) is 25.9. The first-order chi connectivity index (χ1) is 16.9. The van der Waals surface area contributed by atoms with E-state index in [1.807, 2.05) is 0 Å². The highest BCUT2D eigenvalue weighted by atomic mass is 35.5. The number of para-hydroxylation sites is 1. The van der Waals surface area contributed by atoms with Crippen LogP contribution < -0.4 is 5.69 Å². The lowest BCUT2D eigenvalue weighted by Crippen LogP contribution is -2.27. The minimum absolute atomic E-state index is 0.00625. The van der Waals surface area contributed by atoms with Crippen LogP contribution in [-0.4, -0.2) is 40.4 Å². The fourth-order valence-corrected chi connectivity index (χ4v) is 3.86. The third kappa shape index (κ3) is 5.45. The molecule has 0 aliphatic rings. The average Bonchev–Trinajstić information content (AvgIpc) is 3.34. The minimum atomic E-state index is -4.50. The Kier molecular flexibility index (Phi) is 7.21. The molecule has 1 unspecified atom stereocenters. The molecule has 36 heavy (non-hydrogen) atoms. The molecule has 4 aromatic rings. The number of benzene rings is 2. The molecule has 4 rings (SSSR count). The molecule has 8 nitrogen and oxygen atoms in total. The summed E-state index contributed by atoms with van der Waals surface area (Å²) in [6.07, 6.45) is -6.93. The zero-order valence-electron chi connectivity index (χ0n) is 18.5. The maximum absolute atomic E-state index is 14.5. The Balaban J connectivity index is 1.77. The summed E-state index contributed by atoms with van der Waals surface area (Å²) in [5.74, 6) is -0.831. The van der Waals surface area contributed by atoms with E-state index in [1.165, 1.54) is 43.3 Å². The van der Waals surface area contributed by atoms with Crippen molar-refractivity contribution >= 4 is 23.2 Å². The molecular weight excluding hydrogens is 527 g/mol. The van der Waals surface area contributed by atoms with Crippen LogP contribution in [-0.2, 0) is 13.1 Å². The van der Waals surface area contributed by atoms with E-state index in [9.17, 15) is 27.5 Å². The van der Waals surface area contributed by atoms with E-state index in [2.05, 4.69) is 15.2 Å². The Morgan fingerprint density at radius 1 is 1.08 bits per heavy atom. The van der Waals surface area contributed by atoms with Crippen LogP contribution in [0.1, 0.15) is 31.1 Å². The molecule has 1 atom stereocenters. The van der Waals surface area contributed by atoms with Gasteiger partial charge < -0.3 is 5.11 Å². The summed E-state index contributed by atoms with van der Waals surface area (Å²) >= 11 is 12.0. The third-order valence-electron chi connectivity index (χ3n) is 5.13. The molecular formula is C22H18Cl2F4N6O2. The third-order valence-corrected chi connectivity index (χ3v) is 5.69. The highest BCUT2D eigenvalue weighted by Gasteiger charge is 2.29. The zero-order chi connectivity index (χ0) is 26.2. The van der Waals surface area contributed by atoms with Crippen LogP contribution in [0.15, 0.2) is 47.3 Å². The molecule has 2 aromatic heterocycles. The van der Waals surface area contributed by atoms with Crippen LogP contribution >= 0.6 is 23.2 Å². The van der Waals surface area contributed by atoms with Crippen molar-refractivity contribution in [1.82, 2.24) is 29.1 Å². The zero-order valence-corrected chi connectivity index (χ0v) is 20.1. The molecule has 190 valence electrons. The summed E-state index contributed by atoms with van der Waals surface area (Å²) < 4.78 is 56.1. The van der Waals surface area contributed by atoms with Gasteiger partial charge in [-0.2, -0.15) is 13.2 Å². The first-order valence-corrected chi connectivity index (χ1v) is 11.3. The molecule has 0 aliphatic heterocycles. The van der Waals surface area contributed by atoms with E-state index in [-0.39, 0.29) is 34.7 Å². The van der Waals surface area contributed by atoms with E-state index in [4.69, 9.17) is 23.2 Å². The number of halogens is 6. The number of hydrogen-bond acceptors (Lipinski definition) is 5. The molecule has 1 N–H and O–H groups in total. The Labute approximate surface area is 211 Å². The van der Waals surface area contributed by atoms with Gasteiger partial charge in [-0.1, -0.05) is 29.3 Å². The van der Waals surface area contributed by atoms with Gasteiger partial charge in [0.05, 0.1) is 11.4 Å². The van der Waals surface area contributed by atoms with Crippen molar-refractivity contribution in [2.24, 2.45) is 0 Å². The standard InChI is InChI=1S/C22H18Cl2F4N6O2/c1-12(35)19-29-17(30-34(19)18-15(24)3-2-4-16(18)25)11-33-21(36)32(10-9-22(26,27)28)20(31-33)13-5-7-14(23)8-6-13/h2-8,12,35H,9-11H2,1H3. The van der Waals surface area contributed by atoms with Crippen LogP contribution in [0.2, 0.25) is 10.0 Å². The lowest BCUT2D eigenvalue weighted by molar-refractivity contribution is -0.136. The smallest absolute Gasteiger partial charge is 0.385 e. The lowest BCUT2D eigenvalue weighted by atomic mass is 10.2. The monoisotopic (exact) mass is 544 g/mol. The van der Waals surface area contributed by atoms with Crippen molar-refractivity contribution in [3.8, 4) is 17.1 Å². The van der Waals surface area contributed by atoms with Crippen LogP contribution in [0.5, 0.6) is 0 Å². The molecule has 0 saturated carbocycles. The number of nitrogens with zero attached hydrogens (tertiary/aromatic N) is 6. The Hall–Kier alpha value is -3.22. The molecule has 0 spiro atoms. The van der Waals surface area contributed by atoms with Gasteiger partial charge in [0.25, 0.3) is 0 Å². The topological polar surface area (TPSA) is 90.8 Å². The molecule has 0 amide bonds. The maximum Gasteiger partial charge on any atom is 0.390 e. The predicted molar refractivity (Wildman–Crippen MR) is 124 cm³/mol. The van der Waals surface area contributed by atoms with Gasteiger partial charge in [-0.05, 0) is 43.3 Å². The van der Waals surface area contributed by atoms with E-state index in [0.29, 0.717) is 10.6 Å². The second-order valence-electron chi connectivity index (χ2n) is 7.83. The molecule has 14 heteroatoms. The molecule has 0 radical (unpaired) electrons. The first-order valence-electron chi connectivity index (χ1n) is 10.5. The summed E-state index contributed by atoms with van der Waals surface area (Å²) in [6, 6.07) is 10.1. The highest BCUT2D eigenvalue weighted by Crippen LogP contribution is 2.27. The normalized spacial score (nSPS) is 12.8. The van der Waals surface area contributed by atoms with Crippen molar-refractivity contribution in [1.29, 1.82) is 0 Å². The second-order valence-corrected chi connectivity index (χ2v) is 8.68. The molecule has 0 saturated heterocycles. The average molecular weight is 545 g/mol. The minimum Gasteiger partial charge on any atom is -0.385 e. The van der Waals surface area contributed by atoms with Crippen molar-refractivity contribution in [2.45, 2.75) is 38.7 Å². The largest absolute Gasteiger partial charge is 0.390 e. The molecule has 2 heterocycles. The van der Waals surface area contributed by atoms with Crippen LogP contribution in [0.3, 0.4) is 0 Å². The van der Waals surface area contributed by atoms with Crippen LogP contribution in [0.25, 0.3) is 17.1 Å². The van der Waals surface area contributed by atoms with Gasteiger partial charge in [-0.3, -0.25) is 4.57 Å². The number of hydrogen-bond donors (Lipinski definition) is 1. The van der Waals surface area contributed by atoms with Gasteiger partial charge in [0.2, 0.25) is 0 Å². The highest BCUT2D eigenvalue weighted by molar-refractivity contribution is 6.32. The van der Waals surface area contributed by atoms with E-state index >= 15 is 0 Å². The molecule has 0 bridgehead atoms. The Bertz CT molecular complexity index is 1420.